The van der Waals surface area contributed by atoms with Gasteiger partial charge in [-0.1, -0.05) is 20.8 Å². The molecule has 1 aliphatic rings. The minimum Gasteiger partial charge on any atom is -0.377 e. The van der Waals surface area contributed by atoms with E-state index in [2.05, 4.69) is 0 Å². The van der Waals surface area contributed by atoms with E-state index >= 15 is 0 Å². The van der Waals surface area contributed by atoms with E-state index in [9.17, 15) is 8.42 Å². The predicted octanol–water partition coefficient (Wildman–Crippen LogP) is 0.802. The maximum atomic E-state index is 12.3. The van der Waals surface area contributed by atoms with Gasteiger partial charge < -0.3 is 10.5 Å². The Balaban J connectivity index is 2.67. The standard InChI is InChI=1S/C12H26N2O3S/c1-4-14(10-12(2,3)9-13)18(15,16)8-11-6-5-7-17-11/h11H,4-10,13H2,1-3H3. The third kappa shape index (κ3) is 4.50. The van der Waals surface area contributed by atoms with Gasteiger partial charge in [0.1, 0.15) is 0 Å². The highest BCUT2D eigenvalue weighted by atomic mass is 32.2. The number of nitrogens with zero attached hydrogens (tertiary/aromatic N) is 1. The Morgan fingerprint density at radius 1 is 1.44 bits per heavy atom. The summed E-state index contributed by atoms with van der Waals surface area (Å²) in [5.74, 6) is 0.0987. The highest BCUT2D eigenvalue weighted by molar-refractivity contribution is 7.89. The molecule has 1 saturated heterocycles. The summed E-state index contributed by atoms with van der Waals surface area (Å²) in [5, 5.41) is 0. The van der Waals surface area contributed by atoms with Crippen LogP contribution in [0.4, 0.5) is 0 Å². The Bertz CT molecular complexity index is 348. The third-order valence-electron chi connectivity index (χ3n) is 3.32. The molecule has 0 aromatic heterocycles. The Morgan fingerprint density at radius 3 is 2.56 bits per heavy atom. The van der Waals surface area contributed by atoms with Crippen LogP contribution in [-0.2, 0) is 14.8 Å². The zero-order chi connectivity index (χ0) is 13.8. The summed E-state index contributed by atoms with van der Waals surface area (Å²) in [6.45, 7) is 7.93. The molecule has 1 rings (SSSR count). The maximum absolute atomic E-state index is 12.3. The molecule has 0 radical (unpaired) electrons. The van der Waals surface area contributed by atoms with Gasteiger partial charge in [0, 0.05) is 19.7 Å². The fraction of sp³-hybridized carbons (Fsp3) is 1.00. The zero-order valence-corrected chi connectivity index (χ0v) is 12.5. The fourth-order valence-electron chi connectivity index (χ4n) is 2.06. The number of ether oxygens (including phenoxy) is 1. The first-order chi connectivity index (χ1) is 8.30. The molecule has 0 spiro atoms. The summed E-state index contributed by atoms with van der Waals surface area (Å²) in [7, 11) is -3.25. The fourth-order valence-corrected chi connectivity index (χ4v) is 3.95. The van der Waals surface area contributed by atoms with Gasteiger partial charge in [0.25, 0.3) is 0 Å². The molecule has 0 aromatic rings. The number of nitrogens with two attached hydrogens (primary N) is 1. The summed E-state index contributed by atoms with van der Waals surface area (Å²) in [4.78, 5) is 0. The maximum Gasteiger partial charge on any atom is 0.216 e. The molecule has 0 aliphatic carbocycles. The minimum atomic E-state index is -3.25. The van der Waals surface area contributed by atoms with E-state index in [1.165, 1.54) is 4.31 Å². The summed E-state index contributed by atoms with van der Waals surface area (Å²) >= 11 is 0. The highest BCUT2D eigenvalue weighted by Crippen LogP contribution is 2.20. The molecular weight excluding hydrogens is 252 g/mol. The van der Waals surface area contributed by atoms with Gasteiger partial charge >= 0.3 is 0 Å². The largest absolute Gasteiger partial charge is 0.377 e. The van der Waals surface area contributed by atoms with Crippen molar-refractivity contribution in [1.82, 2.24) is 4.31 Å². The average molecular weight is 278 g/mol. The third-order valence-corrected chi connectivity index (χ3v) is 5.29. The minimum absolute atomic E-state index is 0.0987. The smallest absolute Gasteiger partial charge is 0.216 e. The van der Waals surface area contributed by atoms with Crippen molar-refractivity contribution in [2.24, 2.45) is 11.1 Å². The van der Waals surface area contributed by atoms with Crippen LogP contribution >= 0.6 is 0 Å². The van der Waals surface area contributed by atoms with Gasteiger partial charge in [0.05, 0.1) is 11.9 Å². The SMILES string of the molecule is CCN(CC(C)(C)CN)S(=O)(=O)CC1CCCO1. The van der Waals surface area contributed by atoms with Gasteiger partial charge in [-0.25, -0.2) is 12.7 Å². The second-order valence-electron chi connectivity index (χ2n) is 5.71. The molecule has 5 nitrogen and oxygen atoms in total. The summed E-state index contributed by atoms with van der Waals surface area (Å²) < 4.78 is 31.6. The van der Waals surface area contributed by atoms with E-state index in [1.54, 1.807) is 0 Å². The van der Waals surface area contributed by atoms with Crippen LogP contribution < -0.4 is 5.73 Å². The van der Waals surface area contributed by atoms with E-state index < -0.39 is 10.0 Å². The zero-order valence-electron chi connectivity index (χ0n) is 11.7. The lowest BCUT2D eigenvalue weighted by Crippen LogP contribution is -2.44. The molecule has 1 unspecified atom stereocenters. The van der Waals surface area contributed by atoms with Gasteiger partial charge in [0.15, 0.2) is 0 Å². The topological polar surface area (TPSA) is 72.6 Å². The van der Waals surface area contributed by atoms with Gasteiger partial charge in [0.2, 0.25) is 10.0 Å². The summed E-state index contributed by atoms with van der Waals surface area (Å²) in [6.07, 6.45) is 1.67. The van der Waals surface area contributed by atoms with Crippen LogP contribution in [0, 0.1) is 5.41 Å². The molecule has 2 N–H and O–H groups in total. The first kappa shape index (κ1) is 15.9. The summed E-state index contributed by atoms with van der Waals surface area (Å²) in [6, 6.07) is 0. The second kappa shape index (κ2) is 6.32. The predicted molar refractivity (Wildman–Crippen MR) is 72.8 cm³/mol. The van der Waals surface area contributed by atoms with Crippen LogP contribution in [0.25, 0.3) is 0 Å². The molecule has 1 atom stereocenters. The van der Waals surface area contributed by atoms with E-state index in [1.807, 2.05) is 20.8 Å². The van der Waals surface area contributed by atoms with Gasteiger partial charge in [-0.05, 0) is 24.8 Å². The first-order valence-electron chi connectivity index (χ1n) is 6.60. The number of hydrogen-bond acceptors (Lipinski definition) is 4. The molecule has 108 valence electrons. The second-order valence-corrected chi connectivity index (χ2v) is 7.72. The lowest BCUT2D eigenvalue weighted by Gasteiger charge is -2.31. The number of sulfonamides is 1. The van der Waals surface area contributed by atoms with Crippen molar-refractivity contribution < 1.29 is 13.2 Å². The number of rotatable bonds is 7. The Morgan fingerprint density at radius 2 is 2.11 bits per heavy atom. The van der Waals surface area contributed by atoms with Crippen molar-refractivity contribution in [2.45, 2.75) is 39.7 Å². The monoisotopic (exact) mass is 278 g/mol. The number of hydrogen-bond donors (Lipinski definition) is 1. The van der Waals surface area contributed by atoms with Crippen molar-refractivity contribution in [2.75, 3.05) is 32.0 Å². The molecule has 0 amide bonds. The van der Waals surface area contributed by atoms with Crippen molar-refractivity contribution in [3.63, 3.8) is 0 Å². The Labute approximate surface area is 111 Å². The van der Waals surface area contributed by atoms with Crippen molar-refractivity contribution in [1.29, 1.82) is 0 Å². The molecule has 1 heterocycles. The Hall–Kier alpha value is -0.170. The van der Waals surface area contributed by atoms with Gasteiger partial charge in [-0.3, -0.25) is 0 Å². The molecule has 0 bridgehead atoms. The average Bonchev–Trinajstić information content (AvgIpc) is 2.77. The lowest BCUT2D eigenvalue weighted by molar-refractivity contribution is 0.126. The van der Waals surface area contributed by atoms with Gasteiger partial charge in [-0.2, -0.15) is 0 Å². The van der Waals surface area contributed by atoms with Crippen molar-refractivity contribution in [3.05, 3.63) is 0 Å². The molecule has 18 heavy (non-hydrogen) atoms. The molecule has 0 aromatic carbocycles. The molecule has 0 saturated carbocycles. The first-order valence-corrected chi connectivity index (χ1v) is 8.21. The van der Waals surface area contributed by atoms with Crippen LogP contribution in [0.2, 0.25) is 0 Å². The summed E-state index contributed by atoms with van der Waals surface area (Å²) in [5.41, 5.74) is 5.48. The van der Waals surface area contributed by atoms with Crippen molar-refractivity contribution in [3.8, 4) is 0 Å². The highest BCUT2D eigenvalue weighted by Gasteiger charge is 2.31. The van der Waals surface area contributed by atoms with Crippen molar-refractivity contribution >= 4 is 10.0 Å². The molecule has 1 fully saturated rings. The van der Waals surface area contributed by atoms with Crippen LogP contribution in [0.15, 0.2) is 0 Å². The van der Waals surface area contributed by atoms with Crippen LogP contribution in [-0.4, -0.2) is 50.8 Å². The van der Waals surface area contributed by atoms with Crippen LogP contribution in [0.1, 0.15) is 33.6 Å². The van der Waals surface area contributed by atoms with Crippen LogP contribution in [0.3, 0.4) is 0 Å². The van der Waals surface area contributed by atoms with E-state index in [0.717, 1.165) is 12.8 Å². The molecule has 1 aliphatic heterocycles. The van der Waals surface area contributed by atoms with E-state index in [-0.39, 0.29) is 17.3 Å². The van der Waals surface area contributed by atoms with E-state index in [0.29, 0.717) is 26.2 Å². The van der Waals surface area contributed by atoms with Gasteiger partial charge in [-0.15, -0.1) is 0 Å². The Kier molecular flexibility index (Phi) is 5.58. The molecular formula is C12H26N2O3S. The normalized spacial score (nSPS) is 21.7. The molecule has 6 heteroatoms. The van der Waals surface area contributed by atoms with E-state index in [4.69, 9.17) is 10.5 Å². The quantitative estimate of drug-likeness (QED) is 0.747. The lowest BCUT2D eigenvalue weighted by atomic mass is 9.94. The van der Waals surface area contributed by atoms with Crippen LogP contribution in [0.5, 0.6) is 0 Å².